The van der Waals surface area contributed by atoms with E-state index in [2.05, 4.69) is 6.07 Å². The van der Waals surface area contributed by atoms with Gasteiger partial charge in [0, 0.05) is 37.5 Å². The molecule has 1 aliphatic heterocycles. The maximum atomic E-state index is 12.4. The summed E-state index contributed by atoms with van der Waals surface area (Å²) in [5.74, 6) is 0.707. The summed E-state index contributed by atoms with van der Waals surface area (Å²) in [6.45, 7) is 3.59. The van der Waals surface area contributed by atoms with Crippen LogP contribution in [0.1, 0.15) is 60.5 Å². The van der Waals surface area contributed by atoms with Gasteiger partial charge < -0.3 is 10.6 Å². The second-order valence-electron chi connectivity index (χ2n) is 7.34. The monoisotopic (exact) mass is 364 g/mol. The van der Waals surface area contributed by atoms with Gasteiger partial charge in [-0.1, -0.05) is 12.1 Å². The Balaban J connectivity index is 0.00000225. The zero-order valence-corrected chi connectivity index (χ0v) is 15.8. The van der Waals surface area contributed by atoms with Crippen LogP contribution in [0.15, 0.2) is 18.2 Å². The third-order valence-electron chi connectivity index (χ3n) is 5.62. The Kier molecular flexibility index (Phi) is 7.03. The van der Waals surface area contributed by atoms with Crippen molar-refractivity contribution in [1.82, 2.24) is 4.90 Å². The number of carbonyl (C=O) groups is 2. The van der Waals surface area contributed by atoms with Crippen LogP contribution < -0.4 is 5.73 Å². The smallest absolute Gasteiger partial charge is 0.223 e. The van der Waals surface area contributed by atoms with E-state index in [1.165, 1.54) is 17.5 Å². The molecule has 3 rings (SSSR count). The number of hydrogen-bond acceptors (Lipinski definition) is 3. The molecule has 1 atom stereocenters. The molecule has 0 aromatic heterocycles. The standard InChI is InChI=1S/C20H28N2O2.ClH/c1-14(21)15-9-11-22(12-10-15)20(24)8-7-19(23)18-6-5-16-3-2-4-17(16)13-18;/h5-6,13-15H,2-4,7-12,21H2,1H3;1H. The third-order valence-corrected chi connectivity index (χ3v) is 5.62. The van der Waals surface area contributed by atoms with E-state index in [1.54, 1.807) is 0 Å². The average Bonchev–Trinajstić information content (AvgIpc) is 3.07. The molecule has 5 heteroatoms. The lowest BCUT2D eigenvalue weighted by molar-refractivity contribution is -0.132. The molecule has 2 aliphatic rings. The molecule has 1 aliphatic carbocycles. The largest absolute Gasteiger partial charge is 0.343 e. The Hall–Kier alpha value is -1.39. The van der Waals surface area contributed by atoms with Gasteiger partial charge in [-0.05, 0) is 62.1 Å². The van der Waals surface area contributed by atoms with Gasteiger partial charge >= 0.3 is 0 Å². The first-order chi connectivity index (χ1) is 11.5. The summed E-state index contributed by atoms with van der Waals surface area (Å²) in [6, 6.07) is 6.23. The number of Topliss-reactive ketones (excluding diaryl/α,β-unsaturated/α-hetero) is 1. The normalized spacial score (nSPS) is 18.4. The van der Waals surface area contributed by atoms with Gasteiger partial charge in [-0.15, -0.1) is 12.4 Å². The molecular weight excluding hydrogens is 336 g/mol. The molecule has 1 aromatic rings. The lowest BCUT2D eigenvalue weighted by Crippen LogP contribution is -2.42. The Morgan fingerprint density at radius 2 is 1.84 bits per heavy atom. The van der Waals surface area contributed by atoms with Crippen LogP contribution in [0.5, 0.6) is 0 Å². The number of likely N-dealkylation sites (tertiary alicyclic amines) is 1. The van der Waals surface area contributed by atoms with E-state index in [0.29, 0.717) is 18.8 Å². The van der Waals surface area contributed by atoms with Crippen LogP contribution in [0.2, 0.25) is 0 Å². The number of hydrogen-bond donors (Lipinski definition) is 1. The summed E-state index contributed by atoms with van der Waals surface area (Å²) in [5, 5.41) is 0. The van der Waals surface area contributed by atoms with Gasteiger partial charge in [0.25, 0.3) is 0 Å². The molecule has 1 amide bonds. The van der Waals surface area contributed by atoms with Crippen LogP contribution in [-0.4, -0.2) is 35.7 Å². The first-order valence-corrected chi connectivity index (χ1v) is 9.23. The minimum atomic E-state index is 0. The van der Waals surface area contributed by atoms with Gasteiger partial charge in [0.15, 0.2) is 5.78 Å². The summed E-state index contributed by atoms with van der Waals surface area (Å²) in [5.41, 5.74) is 9.39. The van der Waals surface area contributed by atoms with Gasteiger partial charge in [-0.3, -0.25) is 9.59 Å². The fourth-order valence-electron chi connectivity index (χ4n) is 3.94. The van der Waals surface area contributed by atoms with E-state index in [0.717, 1.165) is 44.3 Å². The molecule has 0 spiro atoms. The third kappa shape index (κ3) is 4.83. The number of ketones is 1. The van der Waals surface area contributed by atoms with E-state index >= 15 is 0 Å². The highest BCUT2D eigenvalue weighted by Gasteiger charge is 2.25. The number of rotatable bonds is 5. The molecule has 138 valence electrons. The molecule has 2 N–H and O–H groups in total. The number of aryl methyl sites for hydroxylation is 2. The minimum absolute atomic E-state index is 0. The van der Waals surface area contributed by atoms with Crippen LogP contribution in [0.25, 0.3) is 0 Å². The summed E-state index contributed by atoms with van der Waals surface area (Å²) in [7, 11) is 0. The van der Waals surface area contributed by atoms with Gasteiger partial charge in [-0.25, -0.2) is 0 Å². The number of amides is 1. The molecule has 25 heavy (non-hydrogen) atoms. The van der Waals surface area contributed by atoms with E-state index < -0.39 is 0 Å². The molecule has 0 radical (unpaired) electrons. The Bertz CT molecular complexity index is 622. The number of fused-ring (bicyclic) bond motifs is 1. The van der Waals surface area contributed by atoms with E-state index in [4.69, 9.17) is 5.73 Å². The van der Waals surface area contributed by atoms with Gasteiger partial charge in [0.2, 0.25) is 5.91 Å². The molecule has 1 aromatic carbocycles. The second kappa shape index (κ2) is 8.81. The van der Waals surface area contributed by atoms with Gasteiger partial charge in [0.1, 0.15) is 0 Å². The molecule has 4 nitrogen and oxygen atoms in total. The molecule has 1 heterocycles. The van der Waals surface area contributed by atoms with Crippen molar-refractivity contribution in [3.05, 3.63) is 34.9 Å². The van der Waals surface area contributed by atoms with Crippen molar-refractivity contribution in [3.8, 4) is 0 Å². The van der Waals surface area contributed by atoms with Crippen LogP contribution in [-0.2, 0) is 17.6 Å². The topological polar surface area (TPSA) is 63.4 Å². The molecule has 1 fully saturated rings. The molecule has 1 unspecified atom stereocenters. The van der Waals surface area contributed by atoms with Gasteiger partial charge in [0.05, 0.1) is 0 Å². The summed E-state index contributed by atoms with van der Waals surface area (Å²) in [6.07, 6.45) is 5.96. The van der Waals surface area contributed by atoms with Crippen LogP contribution in [0.4, 0.5) is 0 Å². The highest BCUT2D eigenvalue weighted by Crippen LogP contribution is 2.24. The number of carbonyl (C=O) groups excluding carboxylic acids is 2. The van der Waals surface area contributed by atoms with Crippen molar-refractivity contribution in [3.63, 3.8) is 0 Å². The predicted molar refractivity (Wildman–Crippen MR) is 102 cm³/mol. The average molecular weight is 365 g/mol. The van der Waals surface area contributed by atoms with Crippen LogP contribution in [0.3, 0.4) is 0 Å². The van der Waals surface area contributed by atoms with Crippen molar-refractivity contribution in [2.24, 2.45) is 11.7 Å². The van der Waals surface area contributed by atoms with Crippen molar-refractivity contribution in [2.45, 2.75) is 57.9 Å². The zero-order valence-electron chi connectivity index (χ0n) is 15.0. The fourth-order valence-corrected chi connectivity index (χ4v) is 3.94. The number of nitrogens with zero attached hydrogens (tertiary/aromatic N) is 1. The Morgan fingerprint density at radius 3 is 2.52 bits per heavy atom. The number of nitrogens with two attached hydrogens (primary N) is 1. The maximum Gasteiger partial charge on any atom is 0.223 e. The maximum absolute atomic E-state index is 12.4. The van der Waals surface area contributed by atoms with Crippen LogP contribution >= 0.6 is 12.4 Å². The molecule has 1 saturated heterocycles. The zero-order chi connectivity index (χ0) is 17.1. The second-order valence-corrected chi connectivity index (χ2v) is 7.34. The van der Waals surface area contributed by atoms with Crippen molar-refractivity contribution < 1.29 is 9.59 Å². The summed E-state index contributed by atoms with van der Waals surface area (Å²) >= 11 is 0. The molecule has 0 bridgehead atoms. The van der Waals surface area contributed by atoms with E-state index in [1.807, 2.05) is 24.0 Å². The highest BCUT2D eigenvalue weighted by molar-refractivity contribution is 5.98. The molecular formula is C20H29ClN2O2. The molecule has 0 saturated carbocycles. The van der Waals surface area contributed by atoms with Crippen molar-refractivity contribution >= 4 is 24.1 Å². The van der Waals surface area contributed by atoms with Gasteiger partial charge in [-0.2, -0.15) is 0 Å². The Morgan fingerprint density at radius 1 is 1.16 bits per heavy atom. The Labute approximate surface area is 156 Å². The van der Waals surface area contributed by atoms with Crippen molar-refractivity contribution in [1.29, 1.82) is 0 Å². The highest BCUT2D eigenvalue weighted by atomic mass is 35.5. The van der Waals surface area contributed by atoms with Crippen LogP contribution in [0, 0.1) is 5.92 Å². The SMILES string of the molecule is CC(N)C1CCN(C(=O)CCC(=O)c2ccc3c(c2)CCC3)CC1.Cl. The number of benzene rings is 1. The quantitative estimate of drug-likeness (QED) is 0.816. The van der Waals surface area contributed by atoms with E-state index in [-0.39, 0.29) is 30.1 Å². The fraction of sp³-hybridized carbons (Fsp3) is 0.600. The summed E-state index contributed by atoms with van der Waals surface area (Å²) in [4.78, 5) is 26.6. The van der Waals surface area contributed by atoms with Crippen molar-refractivity contribution in [2.75, 3.05) is 13.1 Å². The van der Waals surface area contributed by atoms with E-state index in [9.17, 15) is 9.59 Å². The summed E-state index contributed by atoms with van der Waals surface area (Å²) < 4.78 is 0. The first kappa shape index (κ1) is 19.9. The first-order valence-electron chi connectivity index (χ1n) is 9.23. The lowest BCUT2D eigenvalue weighted by atomic mass is 9.91. The number of halogens is 1. The lowest BCUT2D eigenvalue weighted by Gasteiger charge is -2.33. The minimum Gasteiger partial charge on any atom is -0.343 e. The number of piperidine rings is 1. The predicted octanol–water partition coefficient (Wildman–Crippen LogP) is 3.15.